The summed E-state index contributed by atoms with van der Waals surface area (Å²) in [5.74, 6) is -0.361. The second kappa shape index (κ2) is 8.21. The van der Waals surface area contributed by atoms with Crippen molar-refractivity contribution < 1.29 is 4.79 Å². The second-order valence-corrected chi connectivity index (χ2v) is 6.96. The standard InChI is InChI=1S/C24H21N3O3/c1-2-17-8-4-6-12-20(17)25-22(28)16-26-14-15-27(24(30)23(26)29)21-13-7-10-18-9-3-5-11-19(18)21/h3-15H,2,16H2,1H3,(H,25,28). The number of rotatable bonds is 5. The number of aromatic nitrogens is 2. The summed E-state index contributed by atoms with van der Waals surface area (Å²) in [7, 11) is 0. The molecule has 1 heterocycles. The Morgan fingerprint density at radius 1 is 0.867 bits per heavy atom. The third kappa shape index (κ3) is 3.67. The van der Waals surface area contributed by atoms with E-state index in [0.717, 1.165) is 27.3 Å². The maximum Gasteiger partial charge on any atom is 0.321 e. The van der Waals surface area contributed by atoms with Crippen LogP contribution < -0.4 is 16.4 Å². The van der Waals surface area contributed by atoms with Crippen LogP contribution in [0.1, 0.15) is 12.5 Å². The molecular formula is C24H21N3O3. The van der Waals surface area contributed by atoms with Crippen molar-refractivity contribution >= 4 is 22.4 Å². The molecular weight excluding hydrogens is 378 g/mol. The maximum absolute atomic E-state index is 12.8. The van der Waals surface area contributed by atoms with Gasteiger partial charge in [0.05, 0.1) is 5.69 Å². The topological polar surface area (TPSA) is 73.1 Å². The fourth-order valence-electron chi connectivity index (χ4n) is 3.54. The van der Waals surface area contributed by atoms with Gasteiger partial charge >= 0.3 is 11.1 Å². The molecule has 0 aliphatic carbocycles. The lowest BCUT2D eigenvalue weighted by atomic mass is 10.1. The molecule has 0 saturated heterocycles. The molecule has 3 aromatic carbocycles. The van der Waals surface area contributed by atoms with Crippen molar-refractivity contribution in [1.82, 2.24) is 9.13 Å². The Labute approximate surface area is 173 Å². The zero-order valence-electron chi connectivity index (χ0n) is 16.5. The quantitative estimate of drug-likeness (QED) is 0.523. The molecule has 0 radical (unpaired) electrons. The first-order valence-electron chi connectivity index (χ1n) is 9.76. The maximum atomic E-state index is 12.8. The van der Waals surface area contributed by atoms with E-state index in [-0.39, 0.29) is 12.5 Å². The number of nitrogens with zero attached hydrogens (tertiary/aromatic N) is 2. The summed E-state index contributed by atoms with van der Waals surface area (Å²) in [6.07, 6.45) is 3.77. The highest BCUT2D eigenvalue weighted by molar-refractivity contribution is 5.91. The van der Waals surface area contributed by atoms with Crippen LogP contribution in [0.15, 0.2) is 88.7 Å². The molecule has 1 amide bonds. The number of anilines is 1. The Balaban J connectivity index is 1.64. The zero-order valence-corrected chi connectivity index (χ0v) is 16.5. The van der Waals surface area contributed by atoms with Gasteiger partial charge in [0.25, 0.3) is 0 Å². The van der Waals surface area contributed by atoms with E-state index in [1.54, 1.807) is 6.07 Å². The van der Waals surface area contributed by atoms with E-state index < -0.39 is 11.1 Å². The van der Waals surface area contributed by atoms with E-state index >= 15 is 0 Å². The van der Waals surface area contributed by atoms with E-state index in [4.69, 9.17) is 0 Å². The molecule has 4 aromatic rings. The first-order chi connectivity index (χ1) is 14.6. The fourth-order valence-corrected chi connectivity index (χ4v) is 3.54. The molecule has 30 heavy (non-hydrogen) atoms. The van der Waals surface area contributed by atoms with Gasteiger partial charge in [0, 0.05) is 23.5 Å². The molecule has 0 saturated carbocycles. The van der Waals surface area contributed by atoms with Gasteiger partial charge < -0.3 is 5.32 Å². The molecule has 1 aromatic heterocycles. The Bertz CT molecular complexity index is 1350. The Hall–Kier alpha value is -3.93. The highest BCUT2D eigenvalue weighted by Gasteiger charge is 2.12. The van der Waals surface area contributed by atoms with E-state index in [9.17, 15) is 14.4 Å². The van der Waals surface area contributed by atoms with Crippen LogP contribution in [0.2, 0.25) is 0 Å². The van der Waals surface area contributed by atoms with Gasteiger partial charge in [0.15, 0.2) is 0 Å². The molecule has 6 nitrogen and oxygen atoms in total. The first-order valence-corrected chi connectivity index (χ1v) is 9.76. The van der Waals surface area contributed by atoms with Crippen molar-refractivity contribution in [2.75, 3.05) is 5.32 Å². The second-order valence-electron chi connectivity index (χ2n) is 6.96. The van der Waals surface area contributed by atoms with Crippen LogP contribution >= 0.6 is 0 Å². The lowest BCUT2D eigenvalue weighted by Crippen LogP contribution is -2.41. The van der Waals surface area contributed by atoms with Crippen LogP contribution in [0.4, 0.5) is 5.69 Å². The third-order valence-electron chi connectivity index (χ3n) is 5.07. The van der Waals surface area contributed by atoms with Crippen LogP contribution in [-0.4, -0.2) is 15.0 Å². The summed E-state index contributed by atoms with van der Waals surface area (Å²) in [6.45, 7) is 1.77. The highest BCUT2D eigenvalue weighted by atomic mass is 16.2. The lowest BCUT2D eigenvalue weighted by molar-refractivity contribution is -0.116. The SMILES string of the molecule is CCc1ccccc1NC(=O)Cn1ccn(-c2cccc3ccccc23)c(=O)c1=O. The fraction of sp³-hybridized carbons (Fsp3) is 0.125. The van der Waals surface area contributed by atoms with Crippen LogP contribution in [0.25, 0.3) is 16.5 Å². The minimum absolute atomic E-state index is 0.234. The number of aryl methyl sites for hydroxylation is 1. The number of amides is 1. The minimum Gasteiger partial charge on any atom is -0.324 e. The molecule has 0 spiro atoms. The van der Waals surface area contributed by atoms with Crippen molar-refractivity contribution in [3.63, 3.8) is 0 Å². The van der Waals surface area contributed by atoms with Crippen molar-refractivity contribution in [3.8, 4) is 5.69 Å². The van der Waals surface area contributed by atoms with Gasteiger partial charge in [0.1, 0.15) is 6.54 Å². The van der Waals surface area contributed by atoms with Gasteiger partial charge in [-0.3, -0.25) is 23.5 Å². The number of para-hydroxylation sites is 1. The van der Waals surface area contributed by atoms with Gasteiger partial charge in [-0.2, -0.15) is 0 Å². The van der Waals surface area contributed by atoms with Crippen LogP contribution in [0.3, 0.4) is 0 Å². The lowest BCUT2D eigenvalue weighted by Gasteiger charge is -2.12. The Kier molecular flexibility index (Phi) is 5.30. The van der Waals surface area contributed by atoms with E-state index in [1.807, 2.05) is 67.6 Å². The predicted molar refractivity (Wildman–Crippen MR) is 118 cm³/mol. The summed E-state index contributed by atoms with van der Waals surface area (Å²) >= 11 is 0. The number of carbonyl (C=O) groups is 1. The smallest absolute Gasteiger partial charge is 0.321 e. The summed E-state index contributed by atoms with van der Waals surface area (Å²) in [5.41, 5.74) is 0.898. The van der Waals surface area contributed by atoms with Crippen molar-refractivity contribution in [2.24, 2.45) is 0 Å². The van der Waals surface area contributed by atoms with Gasteiger partial charge in [-0.15, -0.1) is 0 Å². The predicted octanol–water partition coefficient (Wildman–Crippen LogP) is 3.35. The monoisotopic (exact) mass is 399 g/mol. The van der Waals surface area contributed by atoms with Gasteiger partial charge in [-0.25, -0.2) is 0 Å². The van der Waals surface area contributed by atoms with Gasteiger partial charge in [-0.05, 0) is 29.5 Å². The summed E-state index contributed by atoms with van der Waals surface area (Å²) < 4.78 is 2.46. The van der Waals surface area contributed by atoms with Crippen LogP contribution in [-0.2, 0) is 17.8 Å². The summed E-state index contributed by atoms with van der Waals surface area (Å²) in [5, 5.41) is 4.66. The Morgan fingerprint density at radius 3 is 2.43 bits per heavy atom. The van der Waals surface area contributed by atoms with E-state index in [0.29, 0.717) is 11.4 Å². The van der Waals surface area contributed by atoms with E-state index in [1.165, 1.54) is 17.0 Å². The molecule has 0 aliphatic heterocycles. The molecule has 0 bridgehead atoms. The number of nitrogens with one attached hydrogen (secondary N) is 1. The molecule has 0 unspecified atom stereocenters. The molecule has 0 aliphatic rings. The molecule has 0 fully saturated rings. The molecule has 1 N–H and O–H groups in total. The van der Waals surface area contributed by atoms with Gasteiger partial charge in [-0.1, -0.05) is 61.5 Å². The number of benzene rings is 3. The van der Waals surface area contributed by atoms with Crippen LogP contribution in [0.5, 0.6) is 0 Å². The third-order valence-corrected chi connectivity index (χ3v) is 5.07. The Morgan fingerprint density at radius 2 is 1.60 bits per heavy atom. The number of fused-ring (bicyclic) bond motifs is 1. The van der Waals surface area contributed by atoms with Crippen molar-refractivity contribution in [3.05, 3.63) is 105 Å². The zero-order chi connectivity index (χ0) is 21.1. The van der Waals surface area contributed by atoms with Crippen LogP contribution in [0, 0.1) is 0 Å². The van der Waals surface area contributed by atoms with Crippen molar-refractivity contribution in [1.29, 1.82) is 0 Å². The molecule has 0 atom stereocenters. The largest absolute Gasteiger partial charge is 0.324 e. The minimum atomic E-state index is -0.746. The van der Waals surface area contributed by atoms with Crippen molar-refractivity contribution in [2.45, 2.75) is 19.9 Å². The number of carbonyl (C=O) groups excluding carboxylic acids is 1. The highest BCUT2D eigenvalue weighted by Crippen LogP contribution is 2.20. The number of hydrogen-bond acceptors (Lipinski definition) is 3. The van der Waals surface area contributed by atoms with E-state index in [2.05, 4.69) is 5.32 Å². The average Bonchev–Trinajstić information content (AvgIpc) is 2.77. The number of hydrogen-bond donors (Lipinski definition) is 1. The normalized spacial score (nSPS) is 10.8. The average molecular weight is 399 g/mol. The summed E-state index contributed by atoms with van der Waals surface area (Å²) in [4.78, 5) is 37.9. The summed E-state index contributed by atoms with van der Waals surface area (Å²) in [6, 6.07) is 20.7. The molecule has 6 heteroatoms. The van der Waals surface area contributed by atoms with Gasteiger partial charge in [0.2, 0.25) is 5.91 Å². The molecule has 4 rings (SSSR count). The first kappa shape index (κ1) is 19.4. The molecule has 150 valence electrons.